The van der Waals surface area contributed by atoms with Gasteiger partial charge in [-0.3, -0.25) is 4.68 Å². The Balaban J connectivity index is 1.91. The van der Waals surface area contributed by atoms with E-state index in [4.69, 9.17) is 9.47 Å². The van der Waals surface area contributed by atoms with Gasteiger partial charge in [-0.15, -0.1) is 0 Å². The van der Waals surface area contributed by atoms with Crippen LogP contribution in [-0.4, -0.2) is 16.6 Å². The lowest BCUT2D eigenvalue weighted by Gasteiger charge is -2.04. The fourth-order valence-corrected chi connectivity index (χ4v) is 2.63. The minimum atomic E-state index is 0.293. The Bertz CT molecular complexity index is 595. The quantitative estimate of drug-likeness (QED) is 0.858. The average molecular weight is 323 g/mol. The van der Waals surface area contributed by atoms with Crippen molar-refractivity contribution in [2.24, 2.45) is 0 Å². The van der Waals surface area contributed by atoms with Gasteiger partial charge in [0, 0.05) is 28.3 Å². The molecule has 0 bridgehead atoms. The van der Waals surface area contributed by atoms with Gasteiger partial charge in [0.05, 0.1) is 6.20 Å². The van der Waals surface area contributed by atoms with Crippen LogP contribution in [0.4, 0.5) is 0 Å². The molecule has 1 aromatic carbocycles. The Kier molecular flexibility index (Phi) is 3.46. The fourth-order valence-electron chi connectivity index (χ4n) is 2.08. The molecule has 3 rings (SSSR count). The van der Waals surface area contributed by atoms with Crippen molar-refractivity contribution < 1.29 is 9.47 Å². The first-order chi connectivity index (χ1) is 9.28. The first-order valence-electron chi connectivity index (χ1n) is 6.40. The van der Waals surface area contributed by atoms with Gasteiger partial charge in [-0.1, -0.05) is 29.3 Å². The highest BCUT2D eigenvalue weighted by Crippen LogP contribution is 2.40. The molecule has 1 aliphatic heterocycles. The largest absolute Gasteiger partial charge is 0.454 e. The summed E-state index contributed by atoms with van der Waals surface area (Å²) in [5, 5.41) is 4.39. The predicted octanol–water partition coefficient (Wildman–Crippen LogP) is 3.84. The van der Waals surface area contributed by atoms with Gasteiger partial charge in [0.1, 0.15) is 0 Å². The zero-order valence-electron chi connectivity index (χ0n) is 10.7. The number of halogens is 1. The van der Waals surface area contributed by atoms with Gasteiger partial charge in [0.2, 0.25) is 6.79 Å². The fraction of sp³-hybridized carbons (Fsp3) is 0.357. The molecule has 0 atom stereocenters. The van der Waals surface area contributed by atoms with Crippen molar-refractivity contribution in [2.75, 3.05) is 6.79 Å². The van der Waals surface area contributed by atoms with Crippen molar-refractivity contribution >= 4 is 15.9 Å². The van der Waals surface area contributed by atoms with Crippen LogP contribution < -0.4 is 9.47 Å². The van der Waals surface area contributed by atoms with Gasteiger partial charge < -0.3 is 9.47 Å². The number of benzene rings is 1. The zero-order chi connectivity index (χ0) is 13.2. The molecule has 5 heteroatoms. The average Bonchev–Trinajstić information content (AvgIpc) is 3.03. The summed E-state index contributed by atoms with van der Waals surface area (Å²) < 4.78 is 13.7. The van der Waals surface area contributed by atoms with Crippen molar-refractivity contribution in [2.45, 2.75) is 26.3 Å². The first-order valence-corrected chi connectivity index (χ1v) is 7.19. The third kappa shape index (κ3) is 2.47. The molecule has 2 heterocycles. The molecule has 2 aromatic rings. The molecule has 0 radical (unpaired) electrons. The van der Waals surface area contributed by atoms with Crippen LogP contribution in [0.25, 0.3) is 11.1 Å². The molecule has 0 aliphatic carbocycles. The van der Waals surface area contributed by atoms with E-state index < -0.39 is 0 Å². The minimum Gasteiger partial charge on any atom is -0.454 e. The molecule has 1 aliphatic rings. The smallest absolute Gasteiger partial charge is 0.231 e. The number of ether oxygens (including phenoxy) is 2. The number of aryl methyl sites for hydroxylation is 1. The van der Waals surface area contributed by atoms with Crippen molar-refractivity contribution in [1.29, 1.82) is 0 Å². The second kappa shape index (κ2) is 5.25. The minimum absolute atomic E-state index is 0.293. The topological polar surface area (TPSA) is 36.3 Å². The molecular weight excluding hydrogens is 308 g/mol. The molecule has 19 heavy (non-hydrogen) atoms. The molecule has 0 fully saturated rings. The van der Waals surface area contributed by atoms with E-state index in [9.17, 15) is 0 Å². The van der Waals surface area contributed by atoms with E-state index in [-0.39, 0.29) is 0 Å². The van der Waals surface area contributed by atoms with E-state index in [2.05, 4.69) is 34.1 Å². The Morgan fingerprint density at radius 1 is 1.32 bits per heavy atom. The van der Waals surface area contributed by atoms with E-state index >= 15 is 0 Å². The summed E-state index contributed by atoms with van der Waals surface area (Å²) in [6.45, 7) is 3.43. The molecule has 100 valence electrons. The molecule has 4 nitrogen and oxygen atoms in total. The third-order valence-corrected chi connectivity index (χ3v) is 3.80. The van der Waals surface area contributed by atoms with Crippen LogP contribution in [0.1, 0.15) is 19.8 Å². The highest BCUT2D eigenvalue weighted by atomic mass is 79.9. The summed E-state index contributed by atoms with van der Waals surface area (Å²) in [6, 6.07) is 3.94. The second-order valence-corrected chi connectivity index (χ2v) is 5.39. The Morgan fingerprint density at radius 3 is 2.89 bits per heavy atom. The third-order valence-electron chi connectivity index (χ3n) is 3.15. The predicted molar refractivity (Wildman–Crippen MR) is 76.4 cm³/mol. The summed E-state index contributed by atoms with van der Waals surface area (Å²) >= 11 is 3.58. The molecule has 0 unspecified atom stereocenters. The monoisotopic (exact) mass is 322 g/mol. The molecule has 0 saturated heterocycles. The SMILES string of the molecule is CCCCn1cc(-c2cc3c(cc2Br)OCO3)cn1. The standard InChI is InChI=1S/C14H15BrN2O2/c1-2-3-4-17-8-10(7-16-17)11-5-13-14(6-12(11)15)19-9-18-13/h5-8H,2-4,9H2,1H3. The number of rotatable bonds is 4. The highest BCUT2D eigenvalue weighted by Gasteiger charge is 2.17. The van der Waals surface area contributed by atoms with Crippen LogP contribution in [0.15, 0.2) is 29.0 Å². The molecule has 0 saturated carbocycles. The number of unbranched alkanes of at least 4 members (excludes halogenated alkanes) is 1. The number of hydrogen-bond donors (Lipinski definition) is 0. The normalized spacial score (nSPS) is 12.9. The van der Waals surface area contributed by atoms with Crippen molar-refractivity contribution in [1.82, 2.24) is 9.78 Å². The highest BCUT2D eigenvalue weighted by molar-refractivity contribution is 9.10. The lowest BCUT2D eigenvalue weighted by molar-refractivity contribution is 0.174. The van der Waals surface area contributed by atoms with Gasteiger partial charge in [0.25, 0.3) is 0 Å². The van der Waals surface area contributed by atoms with Crippen LogP contribution in [0.2, 0.25) is 0 Å². The van der Waals surface area contributed by atoms with E-state index in [1.807, 2.05) is 23.0 Å². The summed E-state index contributed by atoms with van der Waals surface area (Å²) in [5.74, 6) is 1.58. The van der Waals surface area contributed by atoms with Gasteiger partial charge in [-0.05, 0) is 18.6 Å². The Hall–Kier alpha value is -1.49. The summed E-state index contributed by atoms with van der Waals surface area (Å²) in [5.41, 5.74) is 2.16. The molecule has 1 aromatic heterocycles. The van der Waals surface area contributed by atoms with Crippen LogP contribution in [0, 0.1) is 0 Å². The number of aromatic nitrogens is 2. The lowest BCUT2D eigenvalue weighted by atomic mass is 10.1. The van der Waals surface area contributed by atoms with Gasteiger partial charge in [0.15, 0.2) is 11.5 Å². The first kappa shape index (κ1) is 12.5. The molecule has 0 spiro atoms. The second-order valence-electron chi connectivity index (χ2n) is 4.53. The maximum Gasteiger partial charge on any atom is 0.231 e. The Labute approximate surface area is 120 Å². The summed E-state index contributed by atoms with van der Waals surface area (Å²) in [7, 11) is 0. The molecular formula is C14H15BrN2O2. The summed E-state index contributed by atoms with van der Waals surface area (Å²) in [6.07, 6.45) is 6.27. The van der Waals surface area contributed by atoms with Gasteiger partial charge in [-0.2, -0.15) is 5.10 Å². The Morgan fingerprint density at radius 2 is 2.11 bits per heavy atom. The van der Waals surface area contributed by atoms with Crippen LogP contribution in [0.5, 0.6) is 11.5 Å². The van der Waals surface area contributed by atoms with Crippen molar-refractivity contribution in [3.05, 3.63) is 29.0 Å². The van der Waals surface area contributed by atoms with Gasteiger partial charge in [-0.25, -0.2) is 0 Å². The molecule has 0 amide bonds. The maximum absolute atomic E-state index is 5.42. The van der Waals surface area contributed by atoms with E-state index in [0.29, 0.717) is 6.79 Å². The maximum atomic E-state index is 5.42. The number of hydrogen-bond acceptors (Lipinski definition) is 3. The van der Waals surface area contributed by atoms with E-state index in [1.165, 1.54) is 6.42 Å². The van der Waals surface area contributed by atoms with Crippen LogP contribution in [0.3, 0.4) is 0 Å². The van der Waals surface area contributed by atoms with Crippen LogP contribution in [-0.2, 0) is 6.54 Å². The zero-order valence-corrected chi connectivity index (χ0v) is 12.3. The number of nitrogens with zero attached hydrogens (tertiary/aromatic N) is 2. The van der Waals surface area contributed by atoms with Gasteiger partial charge >= 0.3 is 0 Å². The van der Waals surface area contributed by atoms with Crippen molar-refractivity contribution in [3.63, 3.8) is 0 Å². The number of fused-ring (bicyclic) bond motifs is 1. The van der Waals surface area contributed by atoms with E-state index in [1.54, 1.807) is 0 Å². The lowest BCUT2D eigenvalue weighted by Crippen LogP contribution is -1.96. The summed E-state index contributed by atoms with van der Waals surface area (Å²) in [4.78, 5) is 0. The van der Waals surface area contributed by atoms with Crippen LogP contribution >= 0.6 is 15.9 Å². The van der Waals surface area contributed by atoms with E-state index in [0.717, 1.165) is 40.1 Å². The molecule has 0 N–H and O–H groups in total. The van der Waals surface area contributed by atoms with Crippen molar-refractivity contribution in [3.8, 4) is 22.6 Å².